The van der Waals surface area contributed by atoms with Gasteiger partial charge in [-0.1, -0.05) is 29.8 Å². The van der Waals surface area contributed by atoms with E-state index in [-0.39, 0.29) is 11.8 Å². The second kappa shape index (κ2) is 10.7. The Bertz CT molecular complexity index is 1550. The molecule has 1 fully saturated rings. The van der Waals surface area contributed by atoms with Gasteiger partial charge in [-0.15, -0.1) is 0 Å². The average Bonchev–Trinajstić information content (AvgIpc) is 3.23. The fourth-order valence-corrected chi connectivity index (χ4v) is 5.50. The lowest BCUT2D eigenvalue weighted by molar-refractivity contribution is -0.0947. The largest absolute Gasteiger partial charge is 0.473 e. The molecule has 3 radical (unpaired) electrons. The molecule has 0 spiro atoms. The van der Waals surface area contributed by atoms with E-state index < -0.39 is 5.82 Å². The Labute approximate surface area is 234 Å². The van der Waals surface area contributed by atoms with E-state index in [4.69, 9.17) is 31.8 Å². The normalized spacial score (nSPS) is 19.6. The van der Waals surface area contributed by atoms with Gasteiger partial charge in [-0.05, 0) is 54.8 Å². The molecule has 2 aliphatic heterocycles. The number of ether oxygens (including phenoxy) is 2. The Morgan fingerprint density at radius 3 is 2.77 bits per heavy atom. The molecule has 0 aliphatic carbocycles. The van der Waals surface area contributed by atoms with Crippen LogP contribution in [0, 0.1) is 5.82 Å². The van der Waals surface area contributed by atoms with Crippen LogP contribution in [0.5, 0.6) is 5.88 Å². The van der Waals surface area contributed by atoms with Crippen molar-refractivity contribution in [2.24, 2.45) is 0 Å². The summed E-state index contributed by atoms with van der Waals surface area (Å²) in [5.41, 5.74) is 11.2. The minimum Gasteiger partial charge on any atom is -0.473 e. The van der Waals surface area contributed by atoms with Crippen molar-refractivity contribution >= 4 is 44.1 Å². The molecule has 6 rings (SSSR count). The third-order valence-corrected chi connectivity index (χ3v) is 8.04. The molecule has 199 valence electrons. The summed E-state index contributed by atoms with van der Waals surface area (Å²) in [6.45, 7) is 3.89. The maximum Gasteiger partial charge on any atom is 0.214 e. The van der Waals surface area contributed by atoms with Crippen LogP contribution in [-0.4, -0.2) is 54.6 Å². The molecule has 2 aromatic heterocycles. The van der Waals surface area contributed by atoms with Crippen molar-refractivity contribution in [2.45, 2.75) is 37.8 Å². The molecule has 2 aromatic carbocycles. The van der Waals surface area contributed by atoms with Crippen molar-refractivity contribution in [3.63, 3.8) is 0 Å². The first kappa shape index (κ1) is 26.0. The third kappa shape index (κ3) is 5.72. The minimum atomic E-state index is -0.392. The zero-order valence-electron chi connectivity index (χ0n) is 21.4. The summed E-state index contributed by atoms with van der Waals surface area (Å²) in [6, 6.07) is 16.1. The molecule has 0 bridgehead atoms. The first-order valence-corrected chi connectivity index (χ1v) is 13.8. The fraction of sp³-hybridized carbons (Fsp3) is 0.310. The zero-order chi connectivity index (χ0) is 27.0. The van der Waals surface area contributed by atoms with Crippen LogP contribution >= 0.6 is 11.6 Å². The van der Waals surface area contributed by atoms with E-state index in [0.717, 1.165) is 60.7 Å². The van der Waals surface area contributed by atoms with Gasteiger partial charge >= 0.3 is 0 Å². The molecule has 1 unspecified atom stereocenters. The van der Waals surface area contributed by atoms with Crippen LogP contribution in [0.2, 0.25) is 5.02 Å². The summed E-state index contributed by atoms with van der Waals surface area (Å²) in [7, 11) is 3.82. The van der Waals surface area contributed by atoms with Crippen molar-refractivity contribution in [1.29, 1.82) is 0 Å². The number of fused-ring (bicyclic) bond motifs is 1. The highest BCUT2D eigenvalue weighted by molar-refractivity contribution is 6.30. The molecule has 1 atom stereocenters. The standard InChI is InChI=1S/C29H28ClFN5O2Si/c30-21-5-4-20(23(31)14-21)17-37-28-3-1-2-24(34-28)19-8-11-35(12-9-19)16-27-33-25-15-22(32)6-7-26(25)36(27)18-29(39)10-13-38-29/h1-8,14-15H,9-13,16-18,32H2. The number of anilines is 1. The van der Waals surface area contributed by atoms with E-state index in [1.165, 1.54) is 6.07 Å². The number of benzene rings is 2. The van der Waals surface area contributed by atoms with Crippen LogP contribution in [0.3, 0.4) is 0 Å². The Kier molecular flexibility index (Phi) is 7.15. The number of rotatable bonds is 8. The Morgan fingerprint density at radius 1 is 1.15 bits per heavy atom. The number of nitrogen functional groups attached to an aromatic ring is 1. The van der Waals surface area contributed by atoms with Crippen molar-refractivity contribution < 1.29 is 13.9 Å². The average molecular weight is 561 g/mol. The van der Waals surface area contributed by atoms with Crippen LogP contribution < -0.4 is 10.5 Å². The summed E-state index contributed by atoms with van der Waals surface area (Å²) in [4.78, 5) is 12.0. The van der Waals surface area contributed by atoms with Crippen LogP contribution in [0.15, 0.2) is 60.7 Å². The van der Waals surface area contributed by atoms with Gasteiger partial charge in [-0.2, -0.15) is 0 Å². The minimum absolute atomic E-state index is 0.0829. The maximum absolute atomic E-state index is 14.1. The molecule has 39 heavy (non-hydrogen) atoms. The van der Waals surface area contributed by atoms with Gasteiger partial charge in [0.15, 0.2) is 0 Å². The van der Waals surface area contributed by atoms with E-state index in [1.807, 2.05) is 30.3 Å². The van der Waals surface area contributed by atoms with E-state index in [2.05, 4.69) is 30.8 Å². The van der Waals surface area contributed by atoms with Crippen molar-refractivity contribution in [3.8, 4) is 5.88 Å². The smallest absolute Gasteiger partial charge is 0.214 e. The Balaban J connectivity index is 1.14. The van der Waals surface area contributed by atoms with Crippen molar-refractivity contribution in [2.75, 3.05) is 25.4 Å². The highest BCUT2D eigenvalue weighted by Crippen LogP contribution is 2.30. The number of halogens is 2. The number of imidazole rings is 1. The fourth-order valence-electron chi connectivity index (χ4n) is 4.97. The molecule has 2 N–H and O–H groups in total. The van der Waals surface area contributed by atoms with Crippen molar-refractivity contribution in [3.05, 3.63) is 88.6 Å². The predicted molar refractivity (Wildman–Crippen MR) is 151 cm³/mol. The molecule has 7 nitrogen and oxygen atoms in total. The Hall–Kier alpha value is -3.24. The quantitative estimate of drug-likeness (QED) is 0.242. The highest BCUT2D eigenvalue weighted by atomic mass is 35.5. The van der Waals surface area contributed by atoms with Gasteiger partial charge in [0.1, 0.15) is 18.2 Å². The van der Waals surface area contributed by atoms with Gasteiger partial charge in [0, 0.05) is 48.6 Å². The molecular formula is C29H28ClFN5O2Si. The number of nitrogens with two attached hydrogens (primary N) is 1. The summed E-state index contributed by atoms with van der Waals surface area (Å²) >= 11 is 5.84. The topological polar surface area (TPSA) is 78.4 Å². The number of hydrogen-bond acceptors (Lipinski definition) is 6. The molecule has 0 amide bonds. The van der Waals surface area contributed by atoms with Gasteiger partial charge in [-0.3, -0.25) is 4.90 Å². The molecular weight excluding hydrogens is 533 g/mol. The van der Waals surface area contributed by atoms with Gasteiger partial charge in [-0.25, -0.2) is 14.4 Å². The third-order valence-electron chi connectivity index (χ3n) is 7.25. The zero-order valence-corrected chi connectivity index (χ0v) is 23.1. The van der Waals surface area contributed by atoms with Gasteiger partial charge in [0.2, 0.25) is 5.88 Å². The van der Waals surface area contributed by atoms with Gasteiger partial charge < -0.3 is 19.8 Å². The van der Waals surface area contributed by atoms with Crippen molar-refractivity contribution in [1.82, 2.24) is 19.4 Å². The lowest BCUT2D eigenvalue weighted by atomic mass is 10.0. The summed E-state index contributed by atoms with van der Waals surface area (Å²) in [5, 5.41) is 0.00697. The highest BCUT2D eigenvalue weighted by Gasteiger charge is 2.35. The molecule has 1 saturated heterocycles. The number of hydrogen-bond donors (Lipinski definition) is 1. The molecule has 4 heterocycles. The van der Waals surface area contributed by atoms with E-state index in [0.29, 0.717) is 35.2 Å². The van der Waals surface area contributed by atoms with Gasteiger partial charge in [0.25, 0.3) is 0 Å². The number of pyridine rings is 1. The number of aromatic nitrogens is 3. The summed E-state index contributed by atoms with van der Waals surface area (Å²) in [5.74, 6) is 1.06. The summed E-state index contributed by atoms with van der Waals surface area (Å²) in [6.07, 6.45) is 4.01. The SMILES string of the molecule is Nc1ccc2c(c1)nc(CN1CC=C(c3cccc(OCc4ccc(Cl)cc4F)n3)CC1)n2CC1([Si])CCO1. The molecule has 4 aromatic rings. The van der Waals surface area contributed by atoms with Gasteiger partial charge in [0.05, 0.1) is 38.7 Å². The maximum atomic E-state index is 14.1. The predicted octanol–water partition coefficient (Wildman–Crippen LogP) is 4.96. The second-order valence-corrected chi connectivity index (χ2v) is 11.4. The van der Waals surface area contributed by atoms with Crippen LogP contribution in [-0.2, 0) is 24.4 Å². The van der Waals surface area contributed by atoms with Crippen LogP contribution in [0.4, 0.5) is 10.1 Å². The molecule has 10 heteroatoms. The van der Waals surface area contributed by atoms with E-state index >= 15 is 0 Å². The van der Waals surface area contributed by atoms with Crippen LogP contribution in [0.1, 0.15) is 29.9 Å². The second-order valence-electron chi connectivity index (χ2n) is 10.1. The first-order valence-electron chi connectivity index (χ1n) is 12.9. The molecule has 0 saturated carbocycles. The van der Waals surface area contributed by atoms with Crippen LogP contribution in [0.25, 0.3) is 16.6 Å². The first-order chi connectivity index (χ1) is 18.8. The number of nitrogens with zero attached hydrogens (tertiary/aromatic N) is 4. The summed E-state index contributed by atoms with van der Waals surface area (Å²) < 4.78 is 27.9. The van der Waals surface area contributed by atoms with E-state index in [1.54, 1.807) is 18.2 Å². The lowest BCUT2D eigenvalue weighted by Crippen LogP contribution is -2.48. The monoisotopic (exact) mass is 560 g/mol. The van der Waals surface area contributed by atoms with E-state index in [9.17, 15) is 4.39 Å². The molecule has 2 aliphatic rings. The Morgan fingerprint density at radius 2 is 2.03 bits per heavy atom. The lowest BCUT2D eigenvalue weighted by Gasteiger charge is -2.39.